The molecule has 1 aliphatic heterocycles. The Bertz CT molecular complexity index is 683. The zero-order valence-electron chi connectivity index (χ0n) is 11.1. The Hall–Kier alpha value is -1.52. The van der Waals surface area contributed by atoms with Crippen LogP contribution >= 0.6 is 27.5 Å². The van der Waals surface area contributed by atoms with Crippen LogP contribution in [0.1, 0.15) is 15.9 Å². The van der Waals surface area contributed by atoms with Crippen molar-refractivity contribution in [2.45, 2.75) is 6.42 Å². The molecule has 1 heterocycles. The third-order valence-electron chi connectivity index (χ3n) is 3.21. The van der Waals surface area contributed by atoms with E-state index in [0.29, 0.717) is 41.7 Å². The van der Waals surface area contributed by atoms with Crippen molar-refractivity contribution in [3.63, 3.8) is 0 Å². The number of ketones is 1. The molecule has 21 heavy (non-hydrogen) atoms. The number of carbonyl (C=O) groups is 1. The van der Waals surface area contributed by atoms with Crippen LogP contribution in [0, 0.1) is 0 Å². The minimum Gasteiger partial charge on any atom is -0.486 e. The Labute approximate surface area is 136 Å². The van der Waals surface area contributed by atoms with Crippen LogP contribution in [0.2, 0.25) is 5.02 Å². The number of hydrogen-bond donors (Lipinski definition) is 0. The van der Waals surface area contributed by atoms with Crippen molar-refractivity contribution in [1.29, 1.82) is 0 Å². The molecule has 2 aromatic rings. The number of Topliss-reactive ketones (excluding diaryl/α,β-unsaturated/α-hetero) is 1. The summed E-state index contributed by atoms with van der Waals surface area (Å²) in [6, 6.07) is 11.0. The van der Waals surface area contributed by atoms with Crippen molar-refractivity contribution >= 4 is 33.3 Å². The summed E-state index contributed by atoms with van der Waals surface area (Å²) >= 11 is 9.56. The maximum atomic E-state index is 12.4. The molecule has 0 saturated carbocycles. The highest BCUT2D eigenvalue weighted by Crippen LogP contribution is 2.35. The maximum absolute atomic E-state index is 12.4. The Morgan fingerprint density at radius 2 is 1.71 bits per heavy atom. The van der Waals surface area contributed by atoms with Crippen molar-refractivity contribution in [1.82, 2.24) is 0 Å². The van der Waals surface area contributed by atoms with Gasteiger partial charge in [-0.2, -0.15) is 0 Å². The molecular formula is C16H12BrClO3. The lowest BCUT2D eigenvalue weighted by atomic mass is 10.0. The van der Waals surface area contributed by atoms with Gasteiger partial charge in [-0.1, -0.05) is 39.7 Å². The summed E-state index contributed by atoms with van der Waals surface area (Å²) in [7, 11) is 0. The summed E-state index contributed by atoms with van der Waals surface area (Å²) in [6.07, 6.45) is 0.298. The van der Waals surface area contributed by atoms with Crippen molar-refractivity contribution in [3.05, 3.63) is 57.0 Å². The Balaban J connectivity index is 1.85. The van der Waals surface area contributed by atoms with Crippen LogP contribution in [-0.2, 0) is 6.42 Å². The predicted molar refractivity (Wildman–Crippen MR) is 84.6 cm³/mol. The summed E-state index contributed by atoms with van der Waals surface area (Å²) in [6.45, 7) is 0.977. The zero-order valence-corrected chi connectivity index (χ0v) is 13.4. The minimum absolute atomic E-state index is 0.0423. The summed E-state index contributed by atoms with van der Waals surface area (Å²) in [5.74, 6) is 1.12. The number of rotatable bonds is 3. The predicted octanol–water partition coefficient (Wildman–Crippen LogP) is 4.30. The van der Waals surface area contributed by atoms with Gasteiger partial charge in [0, 0.05) is 22.5 Å². The first-order chi connectivity index (χ1) is 10.1. The van der Waals surface area contributed by atoms with Crippen molar-refractivity contribution in [2.24, 2.45) is 0 Å². The van der Waals surface area contributed by atoms with E-state index >= 15 is 0 Å². The number of benzene rings is 2. The summed E-state index contributed by atoms with van der Waals surface area (Å²) < 4.78 is 11.9. The normalized spacial score (nSPS) is 13.0. The van der Waals surface area contributed by atoms with Gasteiger partial charge in [-0.05, 0) is 23.8 Å². The van der Waals surface area contributed by atoms with Gasteiger partial charge >= 0.3 is 0 Å². The SMILES string of the molecule is O=C(Cc1ccc(Br)cc1)c1cc2c(cc1Cl)OCCO2. The second-order valence-electron chi connectivity index (χ2n) is 4.70. The largest absolute Gasteiger partial charge is 0.486 e. The number of hydrogen-bond acceptors (Lipinski definition) is 3. The molecule has 0 atom stereocenters. The van der Waals surface area contributed by atoms with Crippen LogP contribution in [0.3, 0.4) is 0 Å². The van der Waals surface area contributed by atoms with Gasteiger partial charge in [-0.15, -0.1) is 0 Å². The molecule has 3 rings (SSSR count). The minimum atomic E-state index is -0.0423. The summed E-state index contributed by atoms with van der Waals surface area (Å²) in [5, 5.41) is 0.390. The molecule has 0 bridgehead atoms. The molecule has 0 fully saturated rings. The Morgan fingerprint density at radius 1 is 1.10 bits per heavy atom. The second kappa shape index (κ2) is 6.08. The first-order valence-electron chi connectivity index (χ1n) is 6.50. The molecule has 2 aromatic carbocycles. The molecule has 108 valence electrons. The fourth-order valence-electron chi connectivity index (χ4n) is 2.16. The van der Waals surface area contributed by atoms with Gasteiger partial charge in [0.1, 0.15) is 13.2 Å². The van der Waals surface area contributed by atoms with E-state index in [0.717, 1.165) is 10.0 Å². The average Bonchev–Trinajstić information content (AvgIpc) is 2.49. The van der Waals surface area contributed by atoms with Crippen LogP contribution in [0.4, 0.5) is 0 Å². The fourth-order valence-corrected chi connectivity index (χ4v) is 2.68. The highest BCUT2D eigenvalue weighted by molar-refractivity contribution is 9.10. The van der Waals surface area contributed by atoms with E-state index in [2.05, 4.69) is 15.9 Å². The monoisotopic (exact) mass is 366 g/mol. The van der Waals surface area contributed by atoms with Crippen molar-refractivity contribution in [3.8, 4) is 11.5 Å². The van der Waals surface area contributed by atoms with Gasteiger partial charge in [0.15, 0.2) is 17.3 Å². The zero-order chi connectivity index (χ0) is 14.8. The van der Waals surface area contributed by atoms with E-state index in [1.807, 2.05) is 24.3 Å². The lowest BCUT2D eigenvalue weighted by molar-refractivity contribution is 0.0992. The third kappa shape index (κ3) is 3.22. The standard InChI is InChI=1S/C16H12BrClO3/c17-11-3-1-10(2-4-11)7-14(19)12-8-15-16(9-13(12)18)21-6-5-20-15/h1-4,8-9H,5-7H2. The van der Waals surface area contributed by atoms with Crippen molar-refractivity contribution < 1.29 is 14.3 Å². The van der Waals surface area contributed by atoms with Crippen LogP contribution in [0.5, 0.6) is 11.5 Å². The molecule has 5 heteroatoms. The summed E-state index contributed by atoms with van der Waals surface area (Å²) in [5.41, 5.74) is 1.40. The molecule has 3 nitrogen and oxygen atoms in total. The number of carbonyl (C=O) groups excluding carboxylic acids is 1. The molecule has 0 radical (unpaired) electrons. The molecule has 1 aliphatic rings. The Kier molecular flexibility index (Phi) is 4.17. The molecule has 0 unspecified atom stereocenters. The van der Waals surface area contributed by atoms with Gasteiger partial charge < -0.3 is 9.47 Å². The lowest BCUT2D eigenvalue weighted by Gasteiger charge is -2.19. The molecule has 0 N–H and O–H groups in total. The van der Waals surface area contributed by atoms with Gasteiger partial charge in [-0.3, -0.25) is 4.79 Å². The number of halogens is 2. The van der Waals surface area contributed by atoms with E-state index in [1.54, 1.807) is 12.1 Å². The van der Waals surface area contributed by atoms with Gasteiger partial charge in [-0.25, -0.2) is 0 Å². The van der Waals surface area contributed by atoms with Crippen LogP contribution in [-0.4, -0.2) is 19.0 Å². The van der Waals surface area contributed by atoms with E-state index in [-0.39, 0.29) is 5.78 Å². The second-order valence-corrected chi connectivity index (χ2v) is 6.03. The number of fused-ring (bicyclic) bond motifs is 1. The van der Waals surface area contributed by atoms with Gasteiger partial charge in [0.25, 0.3) is 0 Å². The molecular weight excluding hydrogens is 356 g/mol. The first kappa shape index (κ1) is 14.4. The smallest absolute Gasteiger partial charge is 0.168 e. The van der Waals surface area contributed by atoms with Gasteiger partial charge in [0.05, 0.1) is 5.02 Å². The molecule has 0 aromatic heterocycles. The van der Waals surface area contributed by atoms with E-state index in [9.17, 15) is 4.79 Å². The van der Waals surface area contributed by atoms with E-state index in [4.69, 9.17) is 21.1 Å². The quantitative estimate of drug-likeness (QED) is 0.759. The highest BCUT2D eigenvalue weighted by atomic mass is 79.9. The molecule has 0 spiro atoms. The van der Waals surface area contributed by atoms with Crippen LogP contribution < -0.4 is 9.47 Å². The van der Waals surface area contributed by atoms with Crippen LogP contribution in [0.15, 0.2) is 40.9 Å². The molecule has 0 aliphatic carbocycles. The van der Waals surface area contributed by atoms with Gasteiger partial charge in [0.2, 0.25) is 0 Å². The molecule has 0 saturated heterocycles. The number of ether oxygens (including phenoxy) is 2. The van der Waals surface area contributed by atoms with Crippen molar-refractivity contribution in [2.75, 3.05) is 13.2 Å². The van der Waals surface area contributed by atoms with E-state index < -0.39 is 0 Å². The third-order valence-corrected chi connectivity index (χ3v) is 4.05. The van der Waals surface area contributed by atoms with Crippen LogP contribution in [0.25, 0.3) is 0 Å². The fraction of sp³-hybridized carbons (Fsp3) is 0.188. The Morgan fingerprint density at radius 3 is 2.38 bits per heavy atom. The van der Waals surface area contributed by atoms with E-state index in [1.165, 1.54) is 0 Å². The summed E-state index contributed by atoms with van der Waals surface area (Å²) in [4.78, 5) is 12.4. The maximum Gasteiger partial charge on any atom is 0.168 e. The lowest BCUT2D eigenvalue weighted by Crippen LogP contribution is -2.16. The first-order valence-corrected chi connectivity index (χ1v) is 7.67. The average molecular weight is 368 g/mol. The highest BCUT2D eigenvalue weighted by Gasteiger charge is 2.19. The molecule has 0 amide bonds. The topological polar surface area (TPSA) is 35.5 Å².